The van der Waals surface area contributed by atoms with Gasteiger partial charge in [0.1, 0.15) is 0 Å². The van der Waals surface area contributed by atoms with Gasteiger partial charge in [-0.2, -0.15) is 23.5 Å². The molecule has 0 amide bonds. The summed E-state index contributed by atoms with van der Waals surface area (Å²) in [7, 11) is 0. The molecule has 0 aromatic carbocycles. The highest BCUT2D eigenvalue weighted by Crippen LogP contribution is 2.47. The third-order valence-electron chi connectivity index (χ3n) is 3.62. The van der Waals surface area contributed by atoms with Crippen LogP contribution in [0.2, 0.25) is 0 Å². The topological polar surface area (TPSA) is 12.0 Å². The van der Waals surface area contributed by atoms with Crippen LogP contribution in [-0.4, -0.2) is 35.1 Å². The van der Waals surface area contributed by atoms with Gasteiger partial charge in [0.05, 0.1) is 0 Å². The molecule has 2 aliphatic rings. The zero-order valence-corrected chi connectivity index (χ0v) is 10.8. The van der Waals surface area contributed by atoms with Crippen molar-refractivity contribution in [3.05, 3.63) is 0 Å². The Kier molecular flexibility index (Phi) is 3.72. The van der Waals surface area contributed by atoms with Crippen molar-refractivity contribution in [1.29, 1.82) is 0 Å². The molecule has 3 heteroatoms. The molecule has 0 aromatic rings. The quantitative estimate of drug-likeness (QED) is 0.799. The first-order valence-corrected chi connectivity index (χ1v) is 7.84. The molecule has 0 spiro atoms. The minimum absolute atomic E-state index is 0.631. The van der Waals surface area contributed by atoms with Crippen molar-refractivity contribution in [2.75, 3.05) is 23.8 Å². The number of hydrogen-bond acceptors (Lipinski definition) is 3. The van der Waals surface area contributed by atoms with Gasteiger partial charge >= 0.3 is 0 Å². The van der Waals surface area contributed by atoms with E-state index in [-0.39, 0.29) is 0 Å². The van der Waals surface area contributed by atoms with Gasteiger partial charge in [-0.05, 0) is 25.2 Å². The third kappa shape index (κ3) is 2.83. The fourth-order valence-corrected chi connectivity index (χ4v) is 4.46. The van der Waals surface area contributed by atoms with E-state index in [0.29, 0.717) is 5.41 Å². The Morgan fingerprint density at radius 2 is 2.21 bits per heavy atom. The largest absolute Gasteiger partial charge is 0.313 e. The molecule has 1 aliphatic heterocycles. The first-order valence-electron chi connectivity index (χ1n) is 5.63. The molecule has 14 heavy (non-hydrogen) atoms. The fraction of sp³-hybridized carbons (Fsp3) is 1.00. The molecule has 1 heterocycles. The molecule has 0 bridgehead atoms. The summed E-state index contributed by atoms with van der Waals surface area (Å²) in [6, 6.07) is 0.718. The smallest absolute Gasteiger partial charge is 0.0263 e. The molecule has 1 saturated carbocycles. The second-order valence-corrected chi connectivity index (χ2v) is 7.41. The summed E-state index contributed by atoms with van der Waals surface area (Å²) in [6.45, 7) is 5.98. The molecular weight excluding hydrogens is 210 g/mol. The van der Waals surface area contributed by atoms with Gasteiger partial charge in [0.2, 0.25) is 0 Å². The van der Waals surface area contributed by atoms with Crippen LogP contribution < -0.4 is 5.32 Å². The van der Waals surface area contributed by atoms with Gasteiger partial charge in [-0.15, -0.1) is 0 Å². The van der Waals surface area contributed by atoms with E-state index in [1.165, 1.54) is 36.6 Å². The van der Waals surface area contributed by atoms with Crippen LogP contribution in [0.25, 0.3) is 0 Å². The Morgan fingerprint density at radius 1 is 1.43 bits per heavy atom. The molecule has 2 atom stereocenters. The van der Waals surface area contributed by atoms with Crippen LogP contribution in [0.1, 0.15) is 26.7 Å². The van der Waals surface area contributed by atoms with Gasteiger partial charge in [-0.25, -0.2) is 0 Å². The lowest BCUT2D eigenvalue weighted by atomic mass is 10.0. The minimum Gasteiger partial charge on any atom is -0.313 e. The second-order valence-electron chi connectivity index (χ2n) is 4.85. The number of hydrogen-bond donors (Lipinski definition) is 1. The van der Waals surface area contributed by atoms with E-state index in [1.54, 1.807) is 0 Å². The summed E-state index contributed by atoms with van der Waals surface area (Å²) >= 11 is 4.27. The Morgan fingerprint density at radius 3 is 2.79 bits per heavy atom. The standard InChI is InChI=1S/C11H21NS2/c1-9(11(2)3-4-11)12-7-10-8-13-5-6-14-10/h9-10,12H,3-8H2,1-2H3. The van der Waals surface area contributed by atoms with Gasteiger partial charge in [-0.1, -0.05) is 6.92 Å². The van der Waals surface area contributed by atoms with Gasteiger partial charge < -0.3 is 5.32 Å². The second kappa shape index (κ2) is 4.67. The first kappa shape index (κ1) is 11.2. The highest BCUT2D eigenvalue weighted by Gasteiger charge is 2.42. The van der Waals surface area contributed by atoms with E-state index in [9.17, 15) is 0 Å². The minimum atomic E-state index is 0.631. The SMILES string of the molecule is CC(NCC1CSCCS1)C1(C)CC1. The van der Waals surface area contributed by atoms with Gasteiger partial charge in [0, 0.05) is 35.1 Å². The highest BCUT2D eigenvalue weighted by atomic mass is 32.2. The van der Waals surface area contributed by atoms with Crippen LogP contribution in [0.5, 0.6) is 0 Å². The van der Waals surface area contributed by atoms with Gasteiger partial charge in [0.15, 0.2) is 0 Å². The predicted octanol–water partition coefficient (Wildman–Crippen LogP) is 2.61. The molecule has 1 saturated heterocycles. The monoisotopic (exact) mass is 231 g/mol. The summed E-state index contributed by atoms with van der Waals surface area (Å²) in [5.41, 5.74) is 0.631. The first-order chi connectivity index (χ1) is 6.71. The van der Waals surface area contributed by atoms with Crippen molar-refractivity contribution in [2.24, 2.45) is 5.41 Å². The van der Waals surface area contributed by atoms with Gasteiger partial charge in [-0.3, -0.25) is 0 Å². The number of rotatable bonds is 4. The van der Waals surface area contributed by atoms with Gasteiger partial charge in [0.25, 0.3) is 0 Å². The van der Waals surface area contributed by atoms with Crippen LogP contribution in [0, 0.1) is 5.41 Å². The maximum atomic E-state index is 3.72. The lowest BCUT2D eigenvalue weighted by Crippen LogP contribution is -2.39. The third-order valence-corrected chi connectivity index (χ3v) is 6.47. The molecule has 1 aliphatic carbocycles. The lowest BCUT2D eigenvalue weighted by Gasteiger charge is -2.26. The van der Waals surface area contributed by atoms with E-state index in [4.69, 9.17) is 0 Å². The number of nitrogens with one attached hydrogen (secondary N) is 1. The average Bonchev–Trinajstić information content (AvgIpc) is 2.96. The van der Waals surface area contributed by atoms with Crippen molar-refractivity contribution in [2.45, 2.75) is 38.0 Å². The molecule has 2 unspecified atom stereocenters. The fourth-order valence-electron chi connectivity index (χ4n) is 1.84. The Bertz CT molecular complexity index is 186. The summed E-state index contributed by atoms with van der Waals surface area (Å²) in [6.07, 6.45) is 2.85. The maximum absolute atomic E-state index is 3.72. The molecule has 82 valence electrons. The zero-order chi connectivity index (χ0) is 10.0. The Hall–Kier alpha value is 0.660. The molecule has 1 N–H and O–H groups in total. The zero-order valence-electron chi connectivity index (χ0n) is 9.21. The Balaban J connectivity index is 1.65. The van der Waals surface area contributed by atoms with Crippen molar-refractivity contribution in [3.63, 3.8) is 0 Å². The normalized spacial score (nSPS) is 32.6. The molecule has 2 rings (SSSR count). The van der Waals surface area contributed by atoms with Crippen molar-refractivity contribution in [3.8, 4) is 0 Å². The van der Waals surface area contributed by atoms with Crippen LogP contribution in [-0.2, 0) is 0 Å². The maximum Gasteiger partial charge on any atom is 0.0263 e. The summed E-state index contributed by atoms with van der Waals surface area (Å²) in [5.74, 6) is 4.05. The van der Waals surface area contributed by atoms with Crippen molar-refractivity contribution < 1.29 is 0 Å². The summed E-state index contributed by atoms with van der Waals surface area (Å²) < 4.78 is 0. The average molecular weight is 231 g/mol. The van der Waals surface area contributed by atoms with Crippen LogP contribution >= 0.6 is 23.5 Å². The van der Waals surface area contributed by atoms with Crippen LogP contribution in [0.3, 0.4) is 0 Å². The Labute approximate surface area is 96.2 Å². The number of thioether (sulfide) groups is 2. The van der Waals surface area contributed by atoms with Crippen LogP contribution in [0.15, 0.2) is 0 Å². The van der Waals surface area contributed by atoms with E-state index in [2.05, 4.69) is 42.7 Å². The van der Waals surface area contributed by atoms with E-state index < -0.39 is 0 Å². The summed E-state index contributed by atoms with van der Waals surface area (Å²) in [4.78, 5) is 0. The lowest BCUT2D eigenvalue weighted by molar-refractivity contribution is 0.384. The van der Waals surface area contributed by atoms with E-state index in [0.717, 1.165) is 11.3 Å². The highest BCUT2D eigenvalue weighted by molar-refractivity contribution is 8.06. The van der Waals surface area contributed by atoms with E-state index in [1.807, 2.05) is 0 Å². The molecular formula is C11H21NS2. The van der Waals surface area contributed by atoms with Crippen LogP contribution in [0.4, 0.5) is 0 Å². The van der Waals surface area contributed by atoms with E-state index >= 15 is 0 Å². The predicted molar refractivity (Wildman–Crippen MR) is 68.4 cm³/mol. The van der Waals surface area contributed by atoms with Crippen molar-refractivity contribution in [1.82, 2.24) is 5.32 Å². The molecule has 1 nitrogen and oxygen atoms in total. The molecule has 0 aromatic heterocycles. The molecule has 2 fully saturated rings. The summed E-state index contributed by atoms with van der Waals surface area (Å²) in [5, 5.41) is 4.58. The van der Waals surface area contributed by atoms with Crippen molar-refractivity contribution >= 4 is 23.5 Å². The molecule has 0 radical (unpaired) electrons.